The van der Waals surface area contributed by atoms with Crippen LogP contribution in [0.4, 0.5) is 11.4 Å². The van der Waals surface area contributed by atoms with Crippen LogP contribution >= 0.6 is 0 Å². The van der Waals surface area contributed by atoms with Crippen molar-refractivity contribution in [3.05, 3.63) is 18.2 Å². The highest BCUT2D eigenvalue weighted by Crippen LogP contribution is 2.33. The van der Waals surface area contributed by atoms with Gasteiger partial charge in [-0.2, -0.15) is 0 Å². The lowest BCUT2D eigenvalue weighted by Gasteiger charge is -2.20. The molecular formula is C11H16N2O3+2. The first-order valence-corrected chi connectivity index (χ1v) is 5.13. The van der Waals surface area contributed by atoms with E-state index in [9.17, 15) is 10.4 Å². The van der Waals surface area contributed by atoms with Gasteiger partial charge in [-0.25, -0.2) is 5.21 Å². The van der Waals surface area contributed by atoms with Crippen molar-refractivity contribution in [1.29, 1.82) is 0 Å². The lowest BCUT2D eigenvalue weighted by Crippen LogP contribution is -3.10. The molecule has 0 saturated heterocycles. The van der Waals surface area contributed by atoms with E-state index in [-0.39, 0.29) is 11.1 Å². The van der Waals surface area contributed by atoms with Crippen molar-refractivity contribution in [2.75, 3.05) is 7.11 Å². The fourth-order valence-corrected chi connectivity index (χ4v) is 1.90. The first kappa shape index (κ1) is 10.9. The van der Waals surface area contributed by atoms with Crippen LogP contribution in [0.3, 0.4) is 0 Å². The molecule has 1 aliphatic rings. The van der Waals surface area contributed by atoms with Crippen molar-refractivity contribution in [3.8, 4) is 5.75 Å². The first-order chi connectivity index (χ1) is 7.57. The Labute approximate surface area is 93.7 Å². The van der Waals surface area contributed by atoms with E-state index < -0.39 is 0 Å². The zero-order chi connectivity index (χ0) is 11.9. The number of hydroxylamine groups is 1. The Morgan fingerprint density at radius 2 is 2.12 bits per heavy atom. The second-order valence-electron chi connectivity index (χ2n) is 3.92. The predicted molar refractivity (Wildman–Crippen MR) is 57.3 cm³/mol. The summed E-state index contributed by atoms with van der Waals surface area (Å²) in [6.07, 6.45) is 0. The maximum atomic E-state index is 10.0. The van der Waals surface area contributed by atoms with Gasteiger partial charge in [-0.05, 0) is 6.07 Å². The van der Waals surface area contributed by atoms with E-state index in [1.54, 1.807) is 25.1 Å². The molecule has 1 heterocycles. The molecule has 2 rings (SSSR count). The lowest BCUT2D eigenvalue weighted by atomic mass is 10.1. The molecule has 0 bridgehead atoms. The van der Waals surface area contributed by atoms with Crippen molar-refractivity contribution in [3.63, 3.8) is 0 Å². The molecule has 0 aliphatic carbocycles. The highest BCUT2D eigenvalue weighted by atomic mass is 16.5. The Bertz CT molecular complexity index is 457. The van der Waals surface area contributed by atoms with E-state index in [1.165, 1.54) is 7.11 Å². The summed E-state index contributed by atoms with van der Waals surface area (Å²) in [5.74, 6) is 0.540. The fourth-order valence-electron chi connectivity index (χ4n) is 1.90. The second kappa shape index (κ2) is 3.77. The average molecular weight is 224 g/mol. The lowest BCUT2D eigenvalue weighted by molar-refractivity contribution is -1.05. The zero-order valence-electron chi connectivity index (χ0n) is 9.56. The minimum absolute atomic E-state index is 0.190. The van der Waals surface area contributed by atoms with Gasteiger partial charge < -0.3 is 4.74 Å². The van der Waals surface area contributed by atoms with Crippen molar-refractivity contribution in [2.45, 2.75) is 19.9 Å². The third-order valence-electron chi connectivity index (χ3n) is 3.08. The van der Waals surface area contributed by atoms with Crippen LogP contribution in [0.5, 0.6) is 5.75 Å². The van der Waals surface area contributed by atoms with E-state index in [0.717, 1.165) is 4.74 Å². The third kappa shape index (κ3) is 1.36. The molecule has 0 fully saturated rings. The maximum absolute atomic E-state index is 10.0. The van der Waals surface area contributed by atoms with Gasteiger partial charge in [0.15, 0.2) is 0 Å². The maximum Gasteiger partial charge on any atom is 0.361 e. The number of ether oxygens (including phenoxy) is 1. The normalized spacial score (nSPS) is 24.2. The molecule has 1 aromatic rings. The van der Waals surface area contributed by atoms with Crippen LogP contribution in [0.2, 0.25) is 0 Å². The van der Waals surface area contributed by atoms with E-state index in [0.29, 0.717) is 22.8 Å². The molecule has 1 aromatic carbocycles. The van der Waals surface area contributed by atoms with Crippen LogP contribution in [0, 0.1) is 0 Å². The monoisotopic (exact) mass is 224 g/mol. The number of rotatable bonds is 1. The van der Waals surface area contributed by atoms with Crippen LogP contribution < -0.4 is 9.80 Å². The molecule has 0 saturated carbocycles. The van der Waals surface area contributed by atoms with Crippen LogP contribution in [-0.2, 0) is 0 Å². The van der Waals surface area contributed by atoms with Crippen molar-refractivity contribution in [1.82, 2.24) is 0 Å². The number of benzene rings is 1. The van der Waals surface area contributed by atoms with Crippen LogP contribution in [0.1, 0.15) is 13.8 Å². The predicted octanol–water partition coefficient (Wildman–Crippen LogP) is 0.497. The van der Waals surface area contributed by atoms with Crippen molar-refractivity contribution >= 4 is 17.1 Å². The summed E-state index contributed by atoms with van der Waals surface area (Å²) in [5, 5.41) is 20.3. The van der Waals surface area contributed by atoms with Gasteiger partial charge in [-0.3, -0.25) is 5.21 Å². The number of para-hydroxylation sites is 1. The second-order valence-corrected chi connectivity index (χ2v) is 3.92. The van der Waals surface area contributed by atoms with Crippen LogP contribution in [0.15, 0.2) is 18.2 Å². The standard InChI is InChI=1S/C11H15N2O3/c1-7-8(2)13(15)11-9(12(7)14)5-4-6-10(11)16-3/h4-7,14-15H,1-3H3/q+1/p+1. The largest absolute Gasteiger partial charge is 0.490 e. The summed E-state index contributed by atoms with van der Waals surface area (Å²) in [7, 11) is 1.54. The minimum Gasteiger partial charge on any atom is -0.490 e. The number of fused-ring (bicyclic) bond motifs is 1. The Kier molecular flexibility index (Phi) is 2.57. The molecule has 0 amide bonds. The van der Waals surface area contributed by atoms with E-state index in [1.807, 2.05) is 6.92 Å². The molecule has 16 heavy (non-hydrogen) atoms. The highest BCUT2D eigenvalue weighted by Gasteiger charge is 2.42. The van der Waals surface area contributed by atoms with E-state index in [4.69, 9.17) is 4.74 Å². The summed E-state index contributed by atoms with van der Waals surface area (Å²) >= 11 is 0. The Morgan fingerprint density at radius 1 is 1.44 bits per heavy atom. The molecule has 2 unspecified atom stereocenters. The van der Waals surface area contributed by atoms with Gasteiger partial charge in [0.2, 0.25) is 17.5 Å². The van der Waals surface area contributed by atoms with Gasteiger partial charge in [-0.15, -0.1) is 5.06 Å². The molecule has 0 spiro atoms. The van der Waals surface area contributed by atoms with Gasteiger partial charge in [0, 0.05) is 24.7 Å². The topological polar surface area (TPSA) is 57.1 Å². The van der Waals surface area contributed by atoms with Crippen LogP contribution in [-0.4, -0.2) is 34.0 Å². The quantitative estimate of drug-likeness (QED) is 0.481. The highest BCUT2D eigenvalue weighted by molar-refractivity contribution is 5.84. The van der Waals surface area contributed by atoms with E-state index in [2.05, 4.69) is 0 Å². The molecule has 5 heteroatoms. The minimum atomic E-state index is -0.190. The third-order valence-corrected chi connectivity index (χ3v) is 3.08. The molecule has 5 nitrogen and oxygen atoms in total. The number of hydrogen-bond donors (Lipinski definition) is 3. The molecular weight excluding hydrogens is 208 g/mol. The zero-order valence-corrected chi connectivity index (χ0v) is 9.56. The molecule has 86 valence electrons. The Hall–Kier alpha value is -1.59. The molecule has 2 atom stereocenters. The van der Waals surface area contributed by atoms with E-state index >= 15 is 0 Å². The van der Waals surface area contributed by atoms with Crippen LogP contribution in [0.25, 0.3) is 0 Å². The molecule has 0 radical (unpaired) electrons. The van der Waals surface area contributed by atoms with Gasteiger partial charge in [-0.1, -0.05) is 6.07 Å². The molecule has 0 aromatic heterocycles. The molecule has 1 aliphatic heterocycles. The summed E-state index contributed by atoms with van der Waals surface area (Å²) in [6.45, 7) is 3.62. The van der Waals surface area contributed by atoms with Gasteiger partial charge in [0.1, 0.15) is 0 Å². The summed E-state index contributed by atoms with van der Waals surface area (Å²) in [4.78, 5) is 0. The SMILES string of the molecule is COc1cccc2c1[N+](O)=C(C)C(C)[NH+]2O. The first-order valence-electron chi connectivity index (χ1n) is 5.13. The van der Waals surface area contributed by atoms with Crippen molar-refractivity contribution in [2.24, 2.45) is 0 Å². The average Bonchev–Trinajstić information content (AvgIpc) is 2.32. The number of nitrogens with one attached hydrogen (secondary N) is 1. The smallest absolute Gasteiger partial charge is 0.361 e. The summed E-state index contributed by atoms with van der Waals surface area (Å²) in [5.41, 5.74) is 1.78. The Morgan fingerprint density at radius 3 is 2.75 bits per heavy atom. The number of hydrogen-bond acceptors (Lipinski definition) is 3. The number of quaternary nitrogens is 1. The number of methoxy groups -OCH3 is 1. The summed E-state index contributed by atoms with van der Waals surface area (Å²) in [6, 6.07) is 5.11. The Balaban J connectivity index is 2.71. The van der Waals surface area contributed by atoms with Crippen molar-refractivity contribution < 1.29 is 25.0 Å². The number of nitrogens with zero attached hydrogens (tertiary/aromatic N) is 1. The van der Waals surface area contributed by atoms with Gasteiger partial charge >= 0.3 is 5.69 Å². The summed E-state index contributed by atoms with van der Waals surface area (Å²) < 4.78 is 6.26. The van der Waals surface area contributed by atoms with Gasteiger partial charge in [0.25, 0.3) is 5.71 Å². The fraction of sp³-hybridized carbons (Fsp3) is 0.364. The molecule has 3 N–H and O–H groups in total. The van der Waals surface area contributed by atoms with Gasteiger partial charge in [0.05, 0.1) is 7.11 Å².